The van der Waals surface area contributed by atoms with Crippen LogP contribution in [0.4, 0.5) is 11.4 Å². The second-order valence-electron chi connectivity index (χ2n) is 6.47. The molecule has 0 bridgehead atoms. The average Bonchev–Trinajstić information content (AvgIpc) is 2.63. The van der Waals surface area contributed by atoms with E-state index in [0.717, 1.165) is 24.3 Å². The molecule has 1 aliphatic rings. The van der Waals surface area contributed by atoms with Gasteiger partial charge >= 0.3 is 0 Å². The van der Waals surface area contributed by atoms with Crippen LogP contribution >= 0.6 is 0 Å². The van der Waals surface area contributed by atoms with Gasteiger partial charge in [-0.05, 0) is 61.2 Å². The van der Waals surface area contributed by atoms with Gasteiger partial charge in [0.15, 0.2) is 0 Å². The number of benzene rings is 2. The number of carbonyl (C=O) groups excluding carboxylic acids is 1. The second-order valence-corrected chi connectivity index (χ2v) is 7.90. The highest BCUT2D eigenvalue weighted by Gasteiger charge is 2.11. The Kier molecular flexibility index (Phi) is 5.87. The summed E-state index contributed by atoms with van der Waals surface area (Å²) in [5.41, 5.74) is 3.50. The van der Waals surface area contributed by atoms with Crippen LogP contribution in [0.25, 0.3) is 0 Å². The van der Waals surface area contributed by atoms with Gasteiger partial charge in [0.2, 0.25) is 0 Å². The normalized spacial score (nSPS) is 15.6. The van der Waals surface area contributed by atoms with E-state index < -0.39 is 10.8 Å². The Morgan fingerprint density at radius 3 is 2.48 bits per heavy atom. The summed E-state index contributed by atoms with van der Waals surface area (Å²) in [7, 11) is -0.918. The molecule has 2 aromatic rings. The molecule has 1 fully saturated rings. The molecule has 0 radical (unpaired) electrons. The maximum absolute atomic E-state index is 12.4. The molecule has 1 unspecified atom stereocenters. The Hall–Kier alpha value is -2.14. The highest BCUT2D eigenvalue weighted by molar-refractivity contribution is 7.83. The number of hydrogen-bond donors (Lipinski definition) is 1. The van der Waals surface area contributed by atoms with Crippen molar-refractivity contribution in [2.45, 2.75) is 25.0 Å². The summed E-state index contributed by atoms with van der Waals surface area (Å²) in [4.78, 5) is 14.8. The van der Waals surface area contributed by atoms with Crippen molar-refractivity contribution >= 4 is 28.1 Å². The standard InChI is InChI=1S/C20H24N2O2S/c1-25(24)15-16-6-5-7-17(14-16)20(23)21-18-8-10-19(11-9-18)22-12-3-2-4-13-22/h5-11,14H,2-4,12-13,15H2,1H3,(H,21,23). The van der Waals surface area contributed by atoms with E-state index in [2.05, 4.69) is 22.3 Å². The van der Waals surface area contributed by atoms with Gasteiger partial charge < -0.3 is 10.2 Å². The molecule has 0 aliphatic carbocycles. The third-order valence-electron chi connectivity index (χ3n) is 4.41. The highest BCUT2D eigenvalue weighted by Crippen LogP contribution is 2.22. The first kappa shape index (κ1) is 17.7. The minimum absolute atomic E-state index is 0.144. The predicted octanol–water partition coefficient (Wildman–Crippen LogP) is 3.81. The zero-order valence-electron chi connectivity index (χ0n) is 14.5. The van der Waals surface area contributed by atoms with Crippen LogP contribution in [0.2, 0.25) is 0 Å². The molecule has 3 rings (SSSR count). The molecule has 0 aromatic heterocycles. The molecule has 5 heteroatoms. The average molecular weight is 356 g/mol. The van der Waals surface area contributed by atoms with E-state index in [9.17, 15) is 9.00 Å². The molecular weight excluding hydrogens is 332 g/mol. The van der Waals surface area contributed by atoms with Crippen molar-refractivity contribution in [2.75, 3.05) is 29.6 Å². The van der Waals surface area contributed by atoms with Crippen molar-refractivity contribution in [1.29, 1.82) is 0 Å². The number of rotatable bonds is 5. The highest BCUT2D eigenvalue weighted by atomic mass is 32.2. The first-order valence-electron chi connectivity index (χ1n) is 8.67. The van der Waals surface area contributed by atoms with Crippen molar-refractivity contribution < 1.29 is 9.00 Å². The van der Waals surface area contributed by atoms with E-state index in [1.54, 1.807) is 18.4 Å². The van der Waals surface area contributed by atoms with E-state index >= 15 is 0 Å². The Morgan fingerprint density at radius 2 is 1.80 bits per heavy atom. The van der Waals surface area contributed by atoms with Gasteiger partial charge in [0.25, 0.3) is 5.91 Å². The van der Waals surface area contributed by atoms with Crippen molar-refractivity contribution in [3.05, 3.63) is 59.7 Å². The first-order chi connectivity index (χ1) is 12.1. The Labute approximate surface area is 151 Å². The number of carbonyl (C=O) groups is 1. The van der Waals surface area contributed by atoms with Crippen LogP contribution in [0, 0.1) is 0 Å². The molecule has 1 aliphatic heterocycles. The van der Waals surface area contributed by atoms with Crippen LogP contribution < -0.4 is 10.2 Å². The third kappa shape index (κ3) is 4.92. The van der Waals surface area contributed by atoms with Crippen molar-refractivity contribution in [2.24, 2.45) is 0 Å². The summed E-state index contributed by atoms with van der Waals surface area (Å²) in [6.07, 6.45) is 5.47. The molecule has 4 nitrogen and oxygen atoms in total. The van der Waals surface area contributed by atoms with E-state index in [-0.39, 0.29) is 5.91 Å². The monoisotopic (exact) mass is 356 g/mol. The number of hydrogen-bond acceptors (Lipinski definition) is 3. The summed E-state index contributed by atoms with van der Waals surface area (Å²) in [6, 6.07) is 15.3. The molecule has 0 saturated carbocycles. The van der Waals surface area contributed by atoms with Crippen LogP contribution in [0.1, 0.15) is 35.2 Å². The van der Waals surface area contributed by atoms with Gasteiger partial charge in [-0.15, -0.1) is 0 Å². The Morgan fingerprint density at radius 1 is 1.08 bits per heavy atom. The van der Waals surface area contributed by atoms with Gasteiger partial charge in [-0.1, -0.05) is 12.1 Å². The fourth-order valence-electron chi connectivity index (χ4n) is 3.15. The molecule has 25 heavy (non-hydrogen) atoms. The van der Waals surface area contributed by atoms with Gasteiger partial charge in [-0.3, -0.25) is 9.00 Å². The van der Waals surface area contributed by atoms with Crippen molar-refractivity contribution in [1.82, 2.24) is 0 Å². The van der Waals surface area contributed by atoms with Crippen molar-refractivity contribution in [3.63, 3.8) is 0 Å². The summed E-state index contributed by atoms with van der Waals surface area (Å²) < 4.78 is 11.4. The fourth-order valence-corrected chi connectivity index (χ4v) is 3.80. The number of nitrogens with zero attached hydrogens (tertiary/aromatic N) is 1. The maximum Gasteiger partial charge on any atom is 0.255 e. The predicted molar refractivity (Wildman–Crippen MR) is 105 cm³/mol. The summed E-state index contributed by atoms with van der Waals surface area (Å²) >= 11 is 0. The van der Waals surface area contributed by atoms with E-state index in [1.165, 1.54) is 24.9 Å². The zero-order valence-corrected chi connectivity index (χ0v) is 15.3. The summed E-state index contributed by atoms with van der Waals surface area (Å²) in [6.45, 7) is 2.22. The SMILES string of the molecule is CS(=O)Cc1cccc(C(=O)Nc2ccc(N3CCCCC3)cc2)c1. The molecule has 0 spiro atoms. The van der Waals surface area contributed by atoms with E-state index in [1.807, 2.05) is 24.3 Å². The Bertz CT molecular complexity index is 753. The van der Waals surface area contributed by atoms with Crippen LogP contribution in [-0.2, 0) is 16.6 Å². The lowest BCUT2D eigenvalue weighted by molar-refractivity contribution is 0.102. The molecule has 1 saturated heterocycles. The topological polar surface area (TPSA) is 49.4 Å². The lowest BCUT2D eigenvalue weighted by Crippen LogP contribution is -2.29. The maximum atomic E-state index is 12.4. The molecule has 1 heterocycles. The molecule has 1 atom stereocenters. The lowest BCUT2D eigenvalue weighted by atomic mass is 10.1. The molecular formula is C20H24N2O2S. The minimum Gasteiger partial charge on any atom is -0.372 e. The lowest BCUT2D eigenvalue weighted by Gasteiger charge is -2.28. The van der Waals surface area contributed by atoms with Crippen LogP contribution in [0.3, 0.4) is 0 Å². The second kappa shape index (κ2) is 8.30. The Balaban J connectivity index is 1.65. The summed E-state index contributed by atoms with van der Waals surface area (Å²) in [5, 5.41) is 2.94. The smallest absolute Gasteiger partial charge is 0.255 e. The largest absolute Gasteiger partial charge is 0.372 e. The van der Waals surface area contributed by atoms with Gasteiger partial charge in [-0.25, -0.2) is 0 Å². The number of nitrogens with one attached hydrogen (secondary N) is 1. The first-order valence-corrected chi connectivity index (χ1v) is 10.4. The summed E-state index contributed by atoms with van der Waals surface area (Å²) in [5.74, 6) is 0.320. The van der Waals surface area contributed by atoms with Crippen LogP contribution in [0.15, 0.2) is 48.5 Å². The zero-order chi connectivity index (χ0) is 17.6. The van der Waals surface area contributed by atoms with Crippen LogP contribution in [-0.4, -0.2) is 29.5 Å². The number of piperidine rings is 1. The van der Waals surface area contributed by atoms with Gasteiger partial charge in [0.1, 0.15) is 0 Å². The number of amides is 1. The van der Waals surface area contributed by atoms with Crippen molar-refractivity contribution in [3.8, 4) is 0 Å². The molecule has 1 N–H and O–H groups in total. The molecule has 132 valence electrons. The third-order valence-corrected chi connectivity index (χ3v) is 5.15. The molecule has 1 amide bonds. The van der Waals surface area contributed by atoms with E-state index in [0.29, 0.717) is 11.3 Å². The number of anilines is 2. The van der Waals surface area contributed by atoms with Gasteiger partial charge in [-0.2, -0.15) is 0 Å². The van der Waals surface area contributed by atoms with Gasteiger partial charge in [0.05, 0.1) is 0 Å². The van der Waals surface area contributed by atoms with E-state index in [4.69, 9.17) is 0 Å². The fraction of sp³-hybridized carbons (Fsp3) is 0.350. The van der Waals surface area contributed by atoms with Gasteiger partial charge in [0, 0.05) is 52.8 Å². The molecule has 2 aromatic carbocycles. The minimum atomic E-state index is -0.918. The quantitative estimate of drug-likeness (QED) is 0.886. The van der Waals surface area contributed by atoms with Crippen LogP contribution in [0.5, 0.6) is 0 Å².